The summed E-state index contributed by atoms with van der Waals surface area (Å²) in [6.45, 7) is 3.91. The predicted octanol–water partition coefficient (Wildman–Crippen LogP) is 2.87. The first kappa shape index (κ1) is 13.8. The SMILES string of the molecule is Cc1ccc(C(=O)N/C(C=O)=C\c2ccco2)cc1C. The number of furan rings is 1. The second-order valence-electron chi connectivity index (χ2n) is 4.49. The number of rotatable bonds is 4. The largest absolute Gasteiger partial charge is 0.465 e. The number of aldehydes is 1. The Kier molecular flexibility index (Phi) is 4.15. The van der Waals surface area contributed by atoms with Gasteiger partial charge in [0.2, 0.25) is 0 Å². The summed E-state index contributed by atoms with van der Waals surface area (Å²) in [5.41, 5.74) is 2.81. The molecule has 0 bridgehead atoms. The maximum atomic E-state index is 12.1. The molecule has 0 spiro atoms. The van der Waals surface area contributed by atoms with E-state index in [4.69, 9.17) is 4.42 Å². The average Bonchev–Trinajstić information content (AvgIpc) is 2.93. The number of hydrogen-bond acceptors (Lipinski definition) is 3. The first-order valence-corrected chi connectivity index (χ1v) is 6.19. The highest BCUT2D eigenvalue weighted by Gasteiger charge is 2.08. The highest BCUT2D eigenvalue weighted by Crippen LogP contribution is 2.11. The van der Waals surface area contributed by atoms with Crippen LogP contribution in [0.25, 0.3) is 6.08 Å². The van der Waals surface area contributed by atoms with Crippen LogP contribution in [-0.4, -0.2) is 12.2 Å². The van der Waals surface area contributed by atoms with E-state index in [0.717, 1.165) is 11.1 Å². The lowest BCUT2D eigenvalue weighted by Gasteiger charge is -2.06. The average molecular weight is 269 g/mol. The number of hydrogen-bond donors (Lipinski definition) is 1. The van der Waals surface area contributed by atoms with Crippen molar-refractivity contribution in [3.8, 4) is 0 Å². The molecule has 2 rings (SSSR count). The van der Waals surface area contributed by atoms with E-state index >= 15 is 0 Å². The van der Waals surface area contributed by atoms with Crippen molar-refractivity contribution >= 4 is 18.3 Å². The molecule has 1 N–H and O–H groups in total. The number of benzene rings is 1. The zero-order valence-corrected chi connectivity index (χ0v) is 11.3. The standard InChI is InChI=1S/C16H15NO3/c1-11-5-6-13(8-12(11)2)16(19)17-14(10-18)9-15-4-3-7-20-15/h3-10H,1-2H3,(H,17,19)/b14-9-. The van der Waals surface area contributed by atoms with Crippen molar-refractivity contribution in [2.24, 2.45) is 0 Å². The summed E-state index contributed by atoms with van der Waals surface area (Å²) in [7, 11) is 0. The molecular formula is C16H15NO3. The molecule has 1 heterocycles. The molecule has 4 nitrogen and oxygen atoms in total. The molecule has 0 aliphatic heterocycles. The van der Waals surface area contributed by atoms with Gasteiger partial charge in [-0.2, -0.15) is 0 Å². The molecule has 0 radical (unpaired) electrons. The van der Waals surface area contributed by atoms with Crippen LogP contribution in [0.2, 0.25) is 0 Å². The Morgan fingerprint density at radius 3 is 2.60 bits per heavy atom. The van der Waals surface area contributed by atoms with E-state index in [9.17, 15) is 9.59 Å². The Morgan fingerprint density at radius 1 is 1.20 bits per heavy atom. The molecule has 0 unspecified atom stereocenters. The smallest absolute Gasteiger partial charge is 0.255 e. The molecule has 102 valence electrons. The minimum absolute atomic E-state index is 0.156. The van der Waals surface area contributed by atoms with Crippen molar-refractivity contribution in [3.05, 3.63) is 64.7 Å². The Hall–Kier alpha value is -2.62. The van der Waals surface area contributed by atoms with Gasteiger partial charge in [0, 0.05) is 11.6 Å². The summed E-state index contributed by atoms with van der Waals surface area (Å²) < 4.78 is 5.10. The van der Waals surface area contributed by atoms with Crippen molar-refractivity contribution in [1.29, 1.82) is 0 Å². The van der Waals surface area contributed by atoms with Gasteiger partial charge < -0.3 is 9.73 Å². The van der Waals surface area contributed by atoms with E-state index < -0.39 is 0 Å². The van der Waals surface area contributed by atoms with Gasteiger partial charge in [0.15, 0.2) is 6.29 Å². The lowest BCUT2D eigenvalue weighted by molar-refractivity contribution is -0.105. The Bertz CT molecular complexity index is 654. The first-order valence-electron chi connectivity index (χ1n) is 6.19. The molecule has 1 aromatic carbocycles. The maximum absolute atomic E-state index is 12.1. The van der Waals surface area contributed by atoms with E-state index in [-0.39, 0.29) is 11.6 Å². The van der Waals surface area contributed by atoms with Crippen LogP contribution in [0.1, 0.15) is 27.2 Å². The summed E-state index contributed by atoms with van der Waals surface area (Å²) in [5.74, 6) is 0.186. The van der Waals surface area contributed by atoms with Crippen LogP contribution in [0.5, 0.6) is 0 Å². The lowest BCUT2D eigenvalue weighted by Crippen LogP contribution is -2.23. The molecule has 0 atom stereocenters. The van der Waals surface area contributed by atoms with Crippen LogP contribution < -0.4 is 5.32 Å². The fraction of sp³-hybridized carbons (Fsp3) is 0.125. The summed E-state index contributed by atoms with van der Waals surface area (Å²) >= 11 is 0. The fourth-order valence-electron chi connectivity index (χ4n) is 1.71. The topological polar surface area (TPSA) is 59.3 Å². The minimum atomic E-state index is -0.321. The van der Waals surface area contributed by atoms with E-state index in [1.165, 1.54) is 12.3 Å². The molecule has 2 aromatic rings. The van der Waals surface area contributed by atoms with Gasteiger partial charge in [0.05, 0.1) is 12.0 Å². The van der Waals surface area contributed by atoms with Crippen molar-refractivity contribution < 1.29 is 14.0 Å². The van der Waals surface area contributed by atoms with Gasteiger partial charge in [-0.1, -0.05) is 6.07 Å². The second kappa shape index (κ2) is 6.02. The predicted molar refractivity (Wildman–Crippen MR) is 76.1 cm³/mol. The van der Waals surface area contributed by atoms with E-state index in [0.29, 0.717) is 17.6 Å². The highest BCUT2D eigenvalue weighted by atomic mass is 16.3. The third kappa shape index (κ3) is 3.23. The van der Waals surface area contributed by atoms with Crippen LogP contribution in [0.15, 0.2) is 46.7 Å². The maximum Gasteiger partial charge on any atom is 0.255 e. The molecule has 0 saturated carbocycles. The summed E-state index contributed by atoms with van der Waals surface area (Å²) in [4.78, 5) is 23.1. The Balaban J connectivity index is 2.17. The van der Waals surface area contributed by atoms with Crippen LogP contribution >= 0.6 is 0 Å². The minimum Gasteiger partial charge on any atom is -0.465 e. The molecular weight excluding hydrogens is 254 g/mol. The van der Waals surface area contributed by atoms with Crippen molar-refractivity contribution in [2.45, 2.75) is 13.8 Å². The van der Waals surface area contributed by atoms with E-state index in [1.54, 1.807) is 24.3 Å². The lowest BCUT2D eigenvalue weighted by atomic mass is 10.1. The van der Waals surface area contributed by atoms with Crippen LogP contribution in [0, 0.1) is 13.8 Å². The number of amides is 1. The zero-order valence-electron chi connectivity index (χ0n) is 11.3. The first-order chi connectivity index (χ1) is 9.60. The molecule has 4 heteroatoms. The third-order valence-corrected chi connectivity index (χ3v) is 2.99. The van der Waals surface area contributed by atoms with Gasteiger partial charge >= 0.3 is 0 Å². The van der Waals surface area contributed by atoms with Gasteiger partial charge in [0.25, 0.3) is 5.91 Å². The van der Waals surface area contributed by atoms with Gasteiger partial charge in [-0.25, -0.2) is 0 Å². The Morgan fingerprint density at radius 2 is 2.00 bits per heavy atom. The number of allylic oxidation sites excluding steroid dienone is 1. The normalized spacial score (nSPS) is 11.2. The van der Waals surface area contributed by atoms with Crippen LogP contribution in [-0.2, 0) is 4.79 Å². The van der Waals surface area contributed by atoms with Gasteiger partial charge in [-0.05, 0) is 49.2 Å². The van der Waals surface area contributed by atoms with Crippen molar-refractivity contribution in [1.82, 2.24) is 5.32 Å². The summed E-state index contributed by atoms with van der Waals surface area (Å²) in [5, 5.41) is 2.56. The summed E-state index contributed by atoms with van der Waals surface area (Å²) in [6.07, 6.45) is 3.56. The molecule has 0 fully saturated rings. The number of aryl methyl sites for hydroxylation is 2. The molecule has 1 aromatic heterocycles. The number of carbonyl (C=O) groups excluding carboxylic acids is 2. The molecule has 0 saturated heterocycles. The number of carbonyl (C=O) groups is 2. The molecule has 1 amide bonds. The summed E-state index contributed by atoms with van der Waals surface area (Å²) in [6, 6.07) is 8.80. The highest BCUT2D eigenvalue weighted by molar-refractivity contribution is 5.99. The quantitative estimate of drug-likeness (QED) is 0.685. The van der Waals surface area contributed by atoms with Gasteiger partial charge in [-0.15, -0.1) is 0 Å². The third-order valence-electron chi connectivity index (χ3n) is 2.99. The van der Waals surface area contributed by atoms with Crippen LogP contribution in [0.3, 0.4) is 0 Å². The molecule has 0 aliphatic rings. The monoisotopic (exact) mass is 269 g/mol. The fourth-order valence-corrected chi connectivity index (χ4v) is 1.71. The van der Waals surface area contributed by atoms with Crippen molar-refractivity contribution in [2.75, 3.05) is 0 Å². The second-order valence-corrected chi connectivity index (χ2v) is 4.49. The van der Waals surface area contributed by atoms with E-state index in [1.807, 2.05) is 19.9 Å². The zero-order chi connectivity index (χ0) is 14.5. The number of nitrogens with one attached hydrogen (secondary N) is 1. The van der Waals surface area contributed by atoms with E-state index in [2.05, 4.69) is 5.32 Å². The van der Waals surface area contributed by atoms with Gasteiger partial charge in [0.1, 0.15) is 5.76 Å². The molecule has 20 heavy (non-hydrogen) atoms. The molecule has 0 aliphatic carbocycles. The van der Waals surface area contributed by atoms with Crippen LogP contribution in [0.4, 0.5) is 0 Å². The Labute approximate surface area is 117 Å². The van der Waals surface area contributed by atoms with Crippen molar-refractivity contribution in [3.63, 3.8) is 0 Å². The van der Waals surface area contributed by atoms with Gasteiger partial charge in [-0.3, -0.25) is 9.59 Å².